The molecule has 0 spiro atoms. The third kappa shape index (κ3) is 2.84. The van der Waals surface area contributed by atoms with Gasteiger partial charge in [-0.05, 0) is 92.3 Å². The summed E-state index contributed by atoms with van der Waals surface area (Å²) in [6.07, 6.45) is 0. The van der Waals surface area contributed by atoms with Gasteiger partial charge in [0.1, 0.15) is 17.3 Å². The Morgan fingerprint density at radius 1 is 0.773 bits per heavy atom. The Balaban J connectivity index is 2.76. The van der Waals surface area contributed by atoms with Gasteiger partial charge >= 0.3 is 0 Å². The first kappa shape index (κ1) is 16.1. The number of phenolic OH excluding ortho intramolecular Hbond substituents is 2. The number of hydrogen-bond acceptors (Lipinski definition) is 3. The van der Waals surface area contributed by atoms with Crippen molar-refractivity contribution in [3.8, 4) is 11.5 Å². The van der Waals surface area contributed by atoms with Crippen LogP contribution in [0.15, 0.2) is 24.3 Å². The van der Waals surface area contributed by atoms with Crippen LogP contribution in [0.3, 0.4) is 0 Å². The maximum atomic E-state index is 12.4. The van der Waals surface area contributed by atoms with E-state index < -0.39 is 0 Å². The van der Waals surface area contributed by atoms with E-state index in [2.05, 4.69) is 0 Å². The number of ketones is 1. The number of aryl methyl sites for hydroxylation is 4. The Labute approximate surface area is 131 Å². The van der Waals surface area contributed by atoms with Crippen molar-refractivity contribution >= 4 is 5.78 Å². The van der Waals surface area contributed by atoms with Crippen LogP contribution in [0.4, 0.5) is 0 Å². The number of carbonyl (C=O) groups excluding carboxylic acids is 1. The average molecular weight is 298 g/mol. The van der Waals surface area contributed by atoms with Gasteiger partial charge in [-0.3, -0.25) is 4.79 Å². The fraction of sp³-hybridized carbons (Fsp3) is 0.316. The lowest BCUT2D eigenvalue weighted by Crippen LogP contribution is -2.16. The van der Waals surface area contributed by atoms with Gasteiger partial charge in [-0.25, -0.2) is 0 Å². The summed E-state index contributed by atoms with van der Waals surface area (Å²) in [7, 11) is 0. The van der Waals surface area contributed by atoms with Crippen molar-refractivity contribution in [2.75, 3.05) is 0 Å². The van der Waals surface area contributed by atoms with Crippen LogP contribution < -0.4 is 0 Å². The molecule has 0 aliphatic heterocycles. The van der Waals surface area contributed by atoms with Gasteiger partial charge in [-0.1, -0.05) is 0 Å². The Morgan fingerprint density at radius 3 is 1.27 bits per heavy atom. The van der Waals surface area contributed by atoms with Crippen LogP contribution in [-0.4, -0.2) is 16.0 Å². The number of Topliss-reactive ketones (excluding diaryl/α,β-unsaturated/α-hetero) is 1. The van der Waals surface area contributed by atoms with E-state index in [0.29, 0.717) is 0 Å². The molecule has 2 N–H and O–H groups in total. The van der Waals surface area contributed by atoms with E-state index in [-0.39, 0.29) is 23.2 Å². The lowest BCUT2D eigenvalue weighted by molar-refractivity contribution is -0.117. The van der Waals surface area contributed by atoms with Gasteiger partial charge in [0.05, 0.1) is 5.92 Å². The van der Waals surface area contributed by atoms with Gasteiger partial charge in [0.15, 0.2) is 0 Å². The molecule has 3 heteroatoms. The van der Waals surface area contributed by atoms with Crippen LogP contribution in [0, 0.1) is 27.7 Å². The molecule has 0 heterocycles. The minimum atomic E-state index is -0.388. The van der Waals surface area contributed by atoms with Gasteiger partial charge in [-0.2, -0.15) is 0 Å². The molecule has 3 nitrogen and oxygen atoms in total. The van der Waals surface area contributed by atoms with Crippen molar-refractivity contribution < 1.29 is 15.0 Å². The van der Waals surface area contributed by atoms with Crippen molar-refractivity contribution in [3.63, 3.8) is 0 Å². The number of hydrogen-bond donors (Lipinski definition) is 2. The predicted molar refractivity (Wildman–Crippen MR) is 87.7 cm³/mol. The lowest BCUT2D eigenvalue weighted by atomic mass is 9.79. The van der Waals surface area contributed by atoms with E-state index in [1.807, 2.05) is 27.7 Å². The molecular weight excluding hydrogens is 276 g/mol. The van der Waals surface area contributed by atoms with Crippen LogP contribution in [0.25, 0.3) is 0 Å². The normalized spacial score (nSPS) is 11.0. The quantitative estimate of drug-likeness (QED) is 0.898. The number of carbonyl (C=O) groups is 1. The summed E-state index contributed by atoms with van der Waals surface area (Å²) < 4.78 is 0. The Bertz CT molecular complexity index is 641. The molecule has 0 saturated heterocycles. The topological polar surface area (TPSA) is 57.5 Å². The Hall–Kier alpha value is -2.29. The van der Waals surface area contributed by atoms with Crippen LogP contribution in [0.5, 0.6) is 11.5 Å². The van der Waals surface area contributed by atoms with E-state index in [1.165, 1.54) is 0 Å². The smallest absolute Gasteiger partial charge is 0.141 e. The van der Waals surface area contributed by atoms with Crippen molar-refractivity contribution in [3.05, 3.63) is 57.6 Å². The Morgan fingerprint density at radius 2 is 1.05 bits per heavy atom. The second-order valence-electron chi connectivity index (χ2n) is 6.03. The minimum absolute atomic E-state index is 0.0498. The summed E-state index contributed by atoms with van der Waals surface area (Å²) in [5.41, 5.74) is 5.44. The molecule has 2 aromatic carbocycles. The molecule has 0 aromatic heterocycles. The summed E-state index contributed by atoms with van der Waals surface area (Å²) in [5.74, 6) is 0.0791. The third-order valence-corrected chi connectivity index (χ3v) is 4.14. The highest BCUT2D eigenvalue weighted by Gasteiger charge is 2.26. The van der Waals surface area contributed by atoms with Gasteiger partial charge in [0.2, 0.25) is 0 Å². The first-order valence-electron chi connectivity index (χ1n) is 7.33. The molecule has 0 aliphatic rings. The largest absolute Gasteiger partial charge is 0.508 e. The molecule has 2 rings (SSSR count). The van der Waals surface area contributed by atoms with Crippen LogP contribution >= 0.6 is 0 Å². The van der Waals surface area contributed by atoms with E-state index in [1.54, 1.807) is 31.2 Å². The summed E-state index contributed by atoms with van der Waals surface area (Å²) in [6.45, 7) is 9.21. The molecule has 0 bridgehead atoms. The molecule has 0 aliphatic carbocycles. The molecule has 116 valence electrons. The van der Waals surface area contributed by atoms with Crippen molar-refractivity contribution in [1.29, 1.82) is 0 Å². The van der Waals surface area contributed by atoms with E-state index in [0.717, 1.165) is 33.4 Å². The zero-order valence-corrected chi connectivity index (χ0v) is 13.7. The van der Waals surface area contributed by atoms with Gasteiger partial charge in [-0.15, -0.1) is 0 Å². The average Bonchev–Trinajstić information content (AvgIpc) is 2.34. The van der Waals surface area contributed by atoms with E-state index >= 15 is 0 Å². The van der Waals surface area contributed by atoms with Crippen LogP contribution in [-0.2, 0) is 4.79 Å². The molecule has 0 unspecified atom stereocenters. The number of benzene rings is 2. The third-order valence-electron chi connectivity index (χ3n) is 4.14. The maximum Gasteiger partial charge on any atom is 0.141 e. The molecule has 22 heavy (non-hydrogen) atoms. The Kier molecular flexibility index (Phi) is 4.27. The fourth-order valence-electron chi connectivity index (χ4n) is 3.37. The zero-order valence-electron chi connectivity index (χ0n) is 13.7. The van der Waals surface area contributed by atoms with Gasteiger partial charge in [0, 0.05) is 0 Å². The van der Waals surface area contributed by atoms with Crippen molar-refractivity contribution in [2.45, 2.75) is 40.5 Å². The minimum Gasteiger partial charge on any atom is -0.508 e. The molecule has 0 amide bonds. The molecular formula is C19H22O3. The van der Waals surface area contributed by atoms with E-state index in [4.69, 9.17) is 0 Å². The van der Waals surface area contributed by atoms with E-state index in [9.17, 15) is 15.0 Å². The fourth-order valence-corrected chi connectivity index (χ4v) is 3.37. The predicted octanol–water partition coefficient (Wildman–Crippen LogP) is 4.05. The second-order valence-corrected chi connectivity index (χ2v) is 6.03. The number of aromatic hydroxyl groups is 2. The van der Waals surface area contributed by atoms with Crippen LogP contribution in [0.2, 0.25) is 0 Å². The second kappa shape index (κ2) is 5.84. The SMILES string of the molecule is CC(=O)C(c1c(C)cc(O)cc1C)c1c(C)cc(O)cc1C. The van der Waals surface area contributed by atoms with Crippen molar-refractivity contribution in [2.24, 2.45) is 0 Å². The van der Waals surface area contributed by atoms with Crippen molar-refractivity contribution in [1.82, 2.24) is 0 Å². The standard InChI is InChI=1S/C19H22O3/c1-10-6-15(21)7-11(2)17(10)19(14(5)20)18-12(3)8-16(22)9-13(18)4/h6-9,19,21-22H,1-5H3. The summed E-state index contributed by atoms with van der Waals surface area (Å²) in [6, 6.07) is 6.74. The summed E-state index contributed by atoms with van der Waals surface area (Å²) in [4.78, 5) is 12.4. The molecule has 2 aromatic rings. The molecule has 0 radical (unpaired) electrons. The summed E-state index contributed by atoms with van der Waals surface area (Å²) in [5, 5.41) is 19.5. The number of phenols is 2. The molecule has 0 fully saturated rings. The molecule has 0 saturated carbocycles. The zero-order chi connectivity index (χ0) is 16.6. The summed E-state index contributed by atoms with van der Waals surface area (Å²) >= 11 is 0. The highest BCUT2D eigenvalue weighted by atomic mass is 16.3. The highest BCUT2D eigenvalue weighted by molar-refractivity contribution is 5.88. The highest BCUT2D eigenvalue weighted by Crippen LogP contribution is 2.37. The first-order valence-corrected chi connectivity index (χ1v) is 7.33. The van der Waals surface area contributed by atoms with Crippen LogP contribution in [0.1, 0.15) is 46.2 Å². The number of rotatable bonds is 3. The monoisotopic (exact) mass is 298 g/mol. The van der Waals surface area contributed by atoms with Gasteiger partial charge in [0.25, 0.3) is 0 Å². The van der Waals surface area contributed by atoms with Gasteiger partial charge < -0.3 is 10.2 Å². The maximum absolute atomic E-state index is 12.4. The first-order chi connectivity index (χ1) is 10.2. The molecule has 0 atom stereocenters. The lowest BCUT2D eigenvalue weighted by Gasteiger charge is -2.24.